The van der Waals surface area contributed by atoms with Crippen molar-refractivity contribution in [3.05, 3.63) is 46.2 Å². The lowest BCUT2D eigenvalue weighted by Gasteiger charge is -2.03. The van der Waals surface area contributed by atoms with Crippen LogP contribution in [0.5, 0.6) is 0 Å². The summed E-state index contributed by atoms with van der Waals surface area (Å²) in [5.41, 5.74) is 4.84. The van der Waals surface area contributed by atoms with Crippen LogP contribution in [-0.4, -0.2) is 14.5 Å². The van der Waals surface area contributed by atoms with Gasteiger partial charge in [0.15, 0.2) is 0 Å². The highest BCUT2D eigenvalue weighted by atomic mass is 32.1. The molecule has 0 aliphatic rings. The van der Waals surface area contributed by atoms with Gasteiger partial charge in [-0.1, -0.05) is 0 Å². The van der Waals surface area contributed by atoms with Crippen LogP contribution in [0.1, 0.15) is 16.1 Å². The summed E-state index contributed by atoms with van der Waals surface area (Å²) in [6, 6.07) is 4.34. The number of rotatable bonds is 2. The molecule has 0 atom stereocenters. The van der Waals surface area contributed by atoms with Gasteiger partial charge in [0.2, 0.25) is 0 Å². The monoisotopic (exact) mass is 243 g/mol. The maximum absolute atomic E-state index is 4.44. The molecule has 1 aromatic carbocycles. The van der Waals surface area contributed by atoms with E-state index in [1.54, 1.807) is 11.3 Å². The first kappa shape index (κ1) is 10.5. The molecule has 0 radical (unpaired) electrons. The maximum Gasteiger partial charge on any atom is 0.112 e. The first-order chi connectivity index (χ1) is 8.24. The summed E-state index contributed by atoms with van der Waals surface area (Å²) in [7, 11) is 0. The minimum absolute atomic E-state index is 0.802. The van der Waals surface area contributed by atoms with Crippen LogP contribution in [0.25, 0.3) is 11.0 Å². The van der Waals surface area contributed by atoms with E-state index in [9.17, 15) is 0 Å². The van der Waals surface area contributed by atoms with Crippen LogP contribution in [0.15, 0.2) is 30.0 Å². The Hall–Kier alpha value is -1.68. The van der Waals surface area contributed by atoms with Crippen molar-refractivity contribution >= 4 is 22.4 Å². The predicted octanol–water partition coefficient (Wildman–Crippen LogP) is 3.16. The number of thiazole rings is 1. The second-order valence-electron chi connectivity index (χ2n) is 4.22. The van der Waals surface area contributed by atoms with Gasteiger partial charge >= 0.3 is 0 Å². The number of aryl methyl sites for hydroxylation is 2. The third-order valence-corrected chi connectivity index (χ3v) is 3.79. The van der Waals surface area contributed by atoms with E-state index >= 15 is 0 Å². The van der Waals surface area contributed by atoms with Crippen molar-refractivity contribution in [3.63, 3.8) is 0 Å². The molecule has 0 fully saturated rings. The molecule has 0 aliphatic heterocycles. The predicted molar refractivity (Wildman–Crippen MR) is 70.4 cm³/mol. The second kappa shape index (κ2) is 3.96. The zero-order valence-corrected chi connectivity index (χ0v) is 10.7. The van der Waals surface area contributed by atoms with Gasteiger partial charge in [0.25, 0.3) is 0 Å². The molecule has 0 unspecified atom stereocenters. The lowest BCUT2D eigenvalue weighted by atomic mass is 10.1. The summed E-state index contributed by atoms with van der Waals surface area (Å²) in [5.74, 6) is 0. The molecule has 2 heterocycles. The minimum Gasteiger partial charge on any atom is -0.324 e. The van der Waals surface area contributed by atoms with Crippen molar-refractivity contribution in [1.82, 2.24) is 14.5 Å². The Balaban J connectivity index is 2.08. The van der Waals surface area contributed by atoms with Gasteiger partial charge < -0.3 is 4.57 Å². The number of aromatic nitrogens is 3. The average molecular weight is 243 g/mol. The Morgan fingerprint density at radius 2 is 2.00 bits per heavy atom. The number of hydrogen-bond donors (Lipinski definition) is 0. The van der Waals surface area contributed by atoms with Crippen molar-refractivity contribution in [2.24, 2.45) is 0 Å². The molecule has 2 aromatic heterocycles. The van der Waals surface area contributed by atoms with Gasteiger partial charge in [-0.15, -0.1) is 11.3 Å². The van der Waals surface area contributed by atoms with Crippen LogP contribution < -0.4 is 0 Å². The normalized spacial score (nSPS) is 11.2. The van der Waals surface area contributed by atoms with E-state index < -0.39 is 0 Å². The fourth-order valence-electron chi connectivity index (χ4n) is 1.92. The third-order valence-electron chi connectivity index (χ3n) is 3.03. The van der Waals surface area contributed by atoms with Gasteiger partial charge in [-0.3, -0.25) is 0 Å². The number of benzene rings is 1. The quantitative estimate of drug-likeness (QED) is 0.692. The summed E-state index contributed by atoms with van der Waals surface area (Å²) in [6.45, 7) is 5.06. The van der Waals surface area contributed by atoms with E-state index in [0.29, 0.717) is 0 Å². The van der Waals surface area contributed by atoms with E-state index in [1.807, 2.05) is 17.9 Å². The number of hydrogen-bond acceptors (Lipinski definition) is 3. The smallest absolute Gasteiger partial charge is 0.112 e. The van der Waals surface area contributed by atoms with E-state index in [1.165, 1.54) is 16.6 Å². The van der Waals surface area contributed by atoms with Crippen LogP contribution >= 0.6 is 11.3 Å². The molecule has 0 spiro atoms. The fourth-order valence-corrected chi connectivity index (χ4v) is 2.53. The first-order valence-corrected chi connectivity index (χ1v) is 6.42. The number of imidazole rings is 1. The largest absolute Gasteiger partial charge is 0.324 e. The molecule has 0 N–H and O–H groups in total. The van der Waals surface area contributed by atoms with Crippen molar-refractivity contribution < 1.29 is 0 Å². The maximum atomic E-state index is 4.44. The zero-order valence-electron chi connectivity index (χ0n) is 9.84. The topological polar surface area (TPSA) is 30.7 Å². The molecule has 3 nitrogen and oxygen atoms in total. The molecular formula is C13H13N3S. The van der Waals surface area contributed by atoms with E-state index in [4.69, 9.17) is 0 Å². The molecule has 17 heavy (non-hydrogen) atoms. The van der Waals surface area contributed by atoms with Crippen molar-refractivity contribution in [1.29, 1.82) is 0 Å². The highest BCUT2D eigenvalue weighted by Crippen LogP contribution is 2.19. The summed E-state index contributed by atoms with van der Waals surface area (Å²) in [5, 5.41) is 3.12. The molecule has 0 amide bonds. The van der Waals surface area contributed by atoms with Crippen LogP contribution in [-0.2, 0) is 6.54 Å². The Morgan fingerprint density at radius 1 is 1.18 bits per heavy atom. The van der Waals surface area contributed by atoms with Gasteiger partial charge in [0.1, 0.15) is 5.01 Å². The highest BCUT2D eigenvalue weighted by Gasteiger charge is 2.06. The Morgan fingerprint density at radius 3 is 2.76 bits per heavy atom. The number of nitrogens with zero attached hydrogens (tertiary/aromatic N) is 3. The second-order valence-corrected chi connectivity index (χ2v) is 5.20. The average Bonchev–Trinajstić information content (AvgIpc) is 2.92. The summed E-state index contributed by atoms with van der Waals surface area (Å²) in [4.78, 5) is 8.75. The van der Waals surface area contributed by atoms with Crippen molar-refractivity contribution in [2.75, 3.05) is 0 Å². The molecule has 0 aliphatic carbocycles. The molecule has 0 saturated carbocycles. The summed E-state index contributed by atoms with van der Waals surface area (Å²) in [6.07, 6.45) is 3.74. The van der Waals surface area contributed by atoms with Crippen LogP contribution in [0.2, 0.25) is 0 Å². The van der Waals surface area contributed by atoms with Gasteiger partial charge in [-0.05, 0) is 37.1 Å². The van der Waals surface area contributed by atoms with E-state index in [-0.39, 0.29) is 0 Å². The third kappa shape index (κ3) is 1.85. The van der Waals surface area contributed by atoms with E-state index in [0.717, 1.165) is 17.1 Å². The van der Waals surface area contributed by atoms with Crippen molar-refractivity contribution in [3.8, 4) is 0 Å². The molecular weight excluding hydrogens is 230 g/mol. The first-order valence-electron chi connectivity index (χ1n) is 5.54. The van der Waals surface area contributed by atoms with Gasteiger partial charge in [0.05, 0.1) is 23.9 Å². The molecule has 86 valence electrons. The van der Waals surface area contributed by atoms with Gasteiger partial charge in [-0.25, -0.2) is 9.97 Å². The molecule has 3 rings (SSSR count). The van der Waals surface area contributed by atoms with E-state index in [2.05, 4.69) is 40.5 Å². The Kier molecular flexibility index (Phi) is 2.44. The van der Waals surface area contributed by atoms with Gasteiger partial charge in [-0.2, -0.15) is 0 Å². The summed E-state index contributed by atoms with van der Waals surface area (Å²) >= 11 is 1.68. The van der Waals surface area contributed by atoms with Gasteiger partial charge in [0, 0.05) is 11.6 Å². The zero-order chi connectivity index (χ0) is 11.8. The van der Waals surface area contributed by atoms with Crippen LogP contribution in [0.3, 0.4) is 0 Å². The molecule has 4 heteroatoms. The molecule has 3 aromatic rings. The highest BCUT2D eigenvalue weighted by molar-refractivity contribution is 7.09. The Labute approximate surface area is 104 Å². The summed E-state index contributed by atoms with van der Waals surface area (Å²) < 4.78 is 2.15. The SMILES string of the molecule is Cc1cc2ncn(Cc3nccs3)c2cc1C. The molecule has 0 saturated heterocycles. The lowest BCUT2D eigenvalue weighted by Crippen LogP contribution is -1.97. The molecule has 0 bridgehead atoms. The van der Waals surface area contributed by atoms with Crippen molar-refractivity contribution in [2.45, 2.75) is 20.4 Å². The van der Waals surface area contributed by atoms with Crippen LogP contribution in [0, 0.1) is 13.8 Å². The number of fused-ring (bicyclic) bond motifs is 1. The fraction of sp³-hybridized carbons (Fsp3) is 0.231. The Bertz CT molecular complexity index is 653. The lowest BCUT2D eigenvalue weighted by molar-refractivity contribution is 0.816. The minimum atomic E-state index is 0.802. The van der Waals surface area contributed by atoms with Crippen LogP contribution in [0.4, 0.5) is 0 Å². The standard InChI is InChI=1S/C13H13N3S/c1-9-5-11-12(6-10(9)2)16(8-15-11)7-13-14-3-4-17-13/h3-6,8H,7H2,1-2H3.